The second-order valence-corrected chi connectivity index (χ2v) is 6.56. The molecule has 0 aromatic carbocycles. The molecule has 0 unspecified atom stereocenters. The van der Waals surface area contributed by atoms with Gasteiger partial charge in [-0.15, -0.1) is 11.3 Å². The minimum absolute atomic E-state index is 0.363. The molecule has 0 saturated heterocycles. The molecule has 0 radical (unpaired) electrons. The number of thiazole rings is 1. The SMILES string of the molecule is Cc1cc(C)c(C(N)=S)c(Nc2nc3c(s2)CCC3)n1. The summed E-state index contributed by atoms with van der Waals surface area (Å²) >= 11 is 6.84. The van der Waals surface area contributed by atoms with Crippen molar-refractivity contribution in [3.8, 4) is 0 Å². The maximum absolute atomic E-state index is 5.83. The molecule has 2 aromatic heterocycles. The van der Waals surface area contributed by atoms with Crippen LogP contribution in [0.4, 0.5) is 10.9 Å². The van der Waals surface area contributed by atoms with Crippen molar-refractivity contribution < 1.29 is 0 Å². The zero-order valence-electron chi connectivity index (χ0n) is 11.5. The van der Waals surface area contributed by atoms with Crippen molar-refractivity contribution in [1.29, 1.82) is 0 Å². The normalized spacial score (nSPS) is 13.3. The predicted octanol–water partition coefficient (Wildman–Crippen LogP) is 3.02. The third-order valence-electron chi connectivity index (χ3n) is 3.41. The van der Waals surface area contributed by atoms with Crippen LogP contribution in [0.15, 0.2) is 6.07 Å². The van der Waals surface area contributed by atoms with Crippen molar-refractivity contribution in [3.63, 3.8) is 0 Å². The maximum atomic E-state index is 5.83. The van der Waals surface area contributed by atoms with E-state index in [9.17, 15) is 0 Å². The van der Waals surface area contributed by atoms with Crippen LogP contribution >= 0.6 is 23.6 Å². The van der Waals surface area contributed by atoms with Gasteiger partial charge >= 0.3 is 0 Å². The number of hydrogen-bond donors (Lipinski definition) is 2. The van der Waals surface area contributed by atoms with Gasteiger partial charge in [-0.25, -0.2) is 9.97 Å². The zero-order valence-corrected chi connectivity index (χ0v) is 13.1. The van der Waals surface area contributed by atoms with Gasteiger partial charge < -0.3 is 11.1 Å². The van der Waals surface area contributed by atoms with Gasteiger partial charge in [-0.2, -0.15) is 0 Å². The minimum Gasteiger partial charge on any atom is -0.389 e. The summed E-state index contributed by atoms with van der Waals surface area (Å²) in [5.74, 6) is 0.711. The molecule has 0 aliphatic heterocycles. The van der Waals surface area contributed by atoms with E-state index in [-0.39, 0.29) is 0 Å². The zero-order chi connectivity index (χ0) is 14.3. The molecule has 0 atom stereocenters. The molecule has 2 aromatic rings. The maximum Gasteiger partial charge on any atom is 0.188 e. The van der Waals surface area contributed by atoms with Gasteiger partial charge in [0.25, 0.3) is 0 Å². The van der Waals surface area contributed by atoms with Gasteiger partial charge in [0.15, 0.2) is 5.13 Å². The molecule has 6 heteroatoms. The van der Waals surface area contributed by atoms with E-state index >= 15 is 0 Å². The number of anilines is 2. The van der Waals surface area contributed by atoms with Crippen LogP contribution in [-0.2, 0) is 12.8 Å². The average Bonchev–Trinajstić information content (AvgIpc) is 2.87. The molecule has 0 spiro atoms. The van der Waals surface area contributed by atoms with Crippen molar-refractivity contribution in [2.75, 3.05) is 5.32 Å². The molecule has 2 heterocycles. The number of nitrogens with one attached hydrogen (secondary N) is 1. The monoisotopic (exact) mass is 304 g/mol. The van der Waals surface area contributed by atoms with Crippen LogP contribution < -0.4 is 11.1 Å². The molecule has 0 amide bonds. The first-order valence-electron chi connectivity index (χ1n) is 6.58. The molecular formula is C14H16N4S2. The number of aryl methyl sites for hydroxylation is 4. The lowest BCUT2D eigenvalue weighted by Crippen LogP contribution is -2.15. The summed E-state index contributed by atoms with van der Waals surface area (Å²) in [6.45, 7) is 3.96. The van der Waals surface area contributed by atoms with Gasteiger partial charge in [-0.3, -0.25) is 0 Å². The van der Waals surface area contributed by atoms with E-state index in [1.165, 1.54) is 17.0 Å². The van der Waals surface area contributed by atoms with E-state index in [0.29, 0.717) is 10.8 Å². The van der Waals surface area contributed by atoms with E-state index in [1.54, 1.807) is 11.3 Å². The molecule has 1 aliphatic rings. The summed E-state index contributed by atoms with van der Waals surface area (Å²) in [5, 5.41) is 4.17. The van der Waals surface area contributed by atoms with E-state index in [0.717, 1.165) is 34.8 Å². The molecular weight excluding hydrogens is 288 g/mol. The standard InChI is InChI=1S/C14H16N4S2/c1-7-6-8(2)16-13(11(7)12(15)19)18-14-17-9-4-3-5-10(9)20-14/h6H,3-5H2,1-2H3,(H2,15,19)(H,16,17,18). The highest BCUT2D eigenvalue weighted by atomic mass is 32.1. The Morgan fingerprint density at radius 3 is 2.85 bits per heavy atom. The number of thiocarbonyl (C=S) groups is 1. The Hall–Kier alpha value is -1.53. The second kappa shape index (κ2) is 5.10. The van der Waals surface area contributed by atoms with E-state index in [1.807, 2.05) is 19.9 Å². The summed E-state index contributed by atoms with van der Waals surface area (Å²) < 4.78 is 0. The summed E-state index contributed by atoms with van der Waals surface area (Å²) in [6, 6.07) is 1.99. The van der Waals surface area contributed by atoms with Crippen molar-refractivity contribution in [2.45, 2.75) is 33.1 Å². The largest absolute Gasteiger partial charge is 0.389 e. The molecule has 4 nitrogen and oxygen atoms in total. The number of nitrogens with two attached hydrogens (primary N) is 1. The molecule has 1 aliphatic carbocycles. The van der Waals surface area contributed by atoms with Crippen LogP contribution in [0.5, 0.6) is 0 Å². The number of pyridine rings is 1. The van der Waals surface area contributed by atoms with E-state index in [2.05, 4.69) is 15.3 Å². The summed E-state index contributed by atoms with van der Waals surface area (Å²) in [5.41, 5.74) is 9.83. The number of fused-ring (bicyclic) bond motifs is 1. The highest BCUT2D eigenvalue weighted by molar-refractivity contribution is 7.80. The van der Waals surface area contributed by atoms with Crippen LogP contribution in [0.3, 0.4) is 0 Å². The number of nitrogens with zero attached hydrogens (tertiary/aromatic N) is 2. The highest BCUT2D eigenvalue weighted by Crippen LogP contribution is 2.32. The Labute approximate surface area is 127 Å². The highest BCUT2D eigenvalue weighted by Gasteiger charge is 2.18. The lowest BCUT2D eigenvalue weighted by molar-refractivity contribution is 0.900. The fraction of sp³-hybridized carbons (Fsp3) is 0.357. The minimum atomic E-state index is 0.363. The van der Waals surface area contributed by atoms with Gasteiger partial charge in [0.1, 0.15) is 10.8 Å². The van der Waals surface area contributed by atoms with Crippen LogP contribution in [-0.4, -0.2) is 15.0 Å². The molecule has 104 valence electrons. The van der Waals surface area contributed by atoms with Crippen molar-refractivity contribution >= 4 is 39.5 Å². The van der Waals surface area contributed by atoms with Gasteiger partial charge in [0, 0.05) is 10.6 Å². The fourth-order valence-corrected chi connectivity index (χ4v) is 3.89. The smallest absolute Gasteiger partial charge is 0.188 e. The van der Waals surface area contributed by atoms with Crippen LogP contribution in [0.25, 0.3) is 0 Å². The summed E-state index contributed by atoms with van der Waals surface area (Å²) in [6.07, 6.45) is 3.43. The first-order valence-corrected chi connectivity index (χ1v) is 7.80. The lowest BCUT2D eigenvalue weighted by atomic mass is 10.1. The van der Waals surface area contributed by atoms with Crippen molar-refractivity contribution in [3.05, 3.63) is 33.5 Å². The van der Waals surface area contributed by atoms with Crippen LogP contribution in [0.2, 0.25) is 0 Å². The van der Waals surface area contributed by atoms with E-state index in [4.69, 9.17) is 18.0 Å². The topological polar surface area (TPSA) is 63.8 Å². The Bertz CT molecular complexity index is 669. The van der Waals surface area contributed by atoms with Crippen LogP contribution in [0.1, 0.15) is 33.8 Å². The third kappa shape index (κ3) is 2.41. The van der Waals surface area contributed by atoms with Gasteiger partial charge in [0.05, 0.1) is 11.3 Å². The molecule has 3 N–H and O–H groups in total. The number of aromatic nitrogens is 2. The molecule has 20 heavy (non-hydrogen) atoms. The Morgan fingerprint density at radius 2 is 2.15 bits per heavy atom. The Balaban J connectivity index is 1.98. The molecule has 0 bridgehead atoms. The molecule has 3 rings (SSSR count). The first kappa shape index (κ1) is 13.5. The van der Waals surface area contributed by atoms with Gasteiger partial charge in [0.2, 0.25) is 0 Å². The summed E-state index contributed by atoms with van der Waals surface area (Å²) in [4.78, 5) is 10.9. The molecule has 0 fully saturated rings. The fourth-order valence-electron chi connectivity index (χ4n) is 2.58. The second-order valence-electron chi connectivity index (χ2n) is 5.04. The van der Waals surface area contributed by atoms with Crippen molar-refractivity contribution in [2.24, 2.45) is 5.73 Å². The van der Waals surface area contributed by atoms with Crippen molar-refractivity contribution in [1.82, 2.24) is 9.97 Å². The predicted molar refractivity (Wildman–Crippen MR) is 87.0 cm³/mol. The average molecular weight is 304 g/mol. The summed E-state index contributed by atoms with van der Waals surface area (Å²) in [7, 11) is 0. The van der Waals surface area contributed by atoms with Gasteiger partial charge in [-0.05, 0) is 44.7 Å². The third-order valence-corrected chi connectivity index (χ3v) is 4.69. The quantitative estimate of drug-likeness (QED) is 0.853. The Morgan fingerprint density at radius 1 is 1.35 bits per heavy atom. The van der Waals surface area contributed by atoms with E-state index < -0.39 is 0 Å². The van der Waals surface area contributed by atoms with Gasteiger partial charge in [-0.1, -0.05) is 12.2 Å². The molecule has 0 saturated carbocycles. The number of rotatable bonds is 3. The van der Waals surface area contributed by atoms with Crippen LogP contribution in [0, 0.1) is 13.8 Å². The lowest BCUT2D eigenvalue weighted by Gasteiger charge is -2.12. The first-order chi connectivity index (χ1) is 9.54. The Kier molecular flexibility index (Phi) is 3.43. The number of hydrogen-bond acceptors (Lipinski definition) is 5.